The van der Waals surface area contributed by atoms with Gasteiger partial charge in [-0.2, -0.15) is 5.10 Å². The van der Waals surface area contributed by atoms with Crippen molar-refractivity contribution in [1.29, 1.82) is 0 Å². The monoisotopic (exact) mass is 370 g/mol. The number of aromatic amines is 1. The van der Waals surface area contributed by atoms with Gasteiger partial charge in [-0.05, 0) is 30.0 Å². The van der Waals surface area contributed by atoms with Crippen LogP contribution in [0, 0.1) is 0 Å². The molecule has 0 bridgehead atoms. The summed E-state index contributed by atoms with van der Waals surface area (Å²) in [6.07, 6.45) is 2.42. The number of anilines is 1. The molecule has 2 amide bonds. The minimum atomic E-state index is -0.155. The zero-order valence-corrected chi connectivity index (χ0v) is 15.8. The van der Waals surface area contributed by atoms with Gasteiger partial charge in [-0.3, -0.25) is 19.6 Å². The third-order valence-electron chi connectivity index (χ3n) is 5.02. The highest BCUT2D eigenvalue weighted by Crippen LogP contribution is 2.20. The SMILES string of the molecule is CC[C@@H](C)c1ccc(NC(=O)CN2CCN(C(=O)c3ncn[nH]3)CC2)cc1. The van der Waals surface area contributed by atoms with Gasteiger partial charge < -0.3 is 10.2 Å². The van der Waals surface area contributed by atoms with Crippen LogP contribution in [0.5, 0.6) is 0 Å². The highest BCUT2D eigenvalue weighted by atomic mass is 16.2. The summed E-state index contributed by atoms with van der Waals surface area (Å²) in [5.74, 6) is 0.576. The summed E-state index contributed by atoms with van der Waals surface area (Å²) >= 11 is 0. The highest BCUT2D eigenvalue weighted by Gasteiger charge is 2.24. The van der Waals surface area contributed by atoms with Gasteiger partial charge in [0.05, 0.1) is 6.54 Å². The molecule has 2 aromatic rings. The molecule has 0 aliphatic carbocycles. The van der Waals surface area contributed by atoms with Gasteiger partial charge in [0.2, 0.25) is 11.7 Å². The summed E-state index contributed by atoms with van der Waals surface area (Å²) in [5.41, 5.74) is 2.09. The summed E-state index contributed by atoms with van der Waals surface area (Å²) in [5, 5.41) is 9.24. The van der Waals surface area contributed by atoms with E-state index >= 15 is 0 Å². The smallest absolute Gasteiger partial charge is 0.291 e. The standard InChI is InChI=1S/C19H26N6O2/c1-3-14(2)15-4-6-16(7-5-15)22-17(26)12-24-8-10-25(11-9-24)19(27)18-20-13-21-23-18/h4-7,13-14H,3,8-12H2,1-2H3,(H,22,26)(H,20,21,23)/t14-/m1/s1. The lowest BCUT2D eigenvalue weighted by molar-refractivity contribution is -0.117. The second kappa shape index (κ2) is 8.77. The summed E-state index contributed by atoms with van der Waals surface area (Å²) in [6, 6.07) is 8.04. The largest absolute Gasteiger partial charge is 0.333 e. The predicted molar refractivity (Wildman–Crippen MR) is 103 cm³/mol. The topological polar surface area (TPSA) is 94.2 Å². The first-order chi connectivity index (χ1) is 13.1. The Hall–Kier alpha value is -2.74. The lowest BCUT2D eigenvalue weighted by atomic mass is 9.99. The maximum absolute atomic E-state index is 12.3. The van der Waals surface area contributed by atoms with Crippen molar-refractivity contribution < 1.29 is 9.59 Å². The minimum absolute atomic E-state index is 0.0405. The van der Waals surface area contributed by atoms with E-state index in [-0.39, 0.29) is 17.6 Å². The average Bonchev–Trinajstić information content (AvgIpc) is 3.23. The van der Waals surface area contributed by atoms with Crippen molar-refractivity contribution >= 4 is 17.5 Å². The molecule has 8 nitrogen and oxygen atoms in total. The third-order valence-corrected chi connectivity index (χ3v) is 5.02. The minimum Gasteiger partial charge on any atom is -0.333 e. The van der Waals surface area contributed by atoms with E-state index in [1.165, 1.54) is 11.9 Å². The number of carbonyl (C=O) groups is 2. The Labute approximate surface area is 159 Å². The summed E-state index contributed by atoms with van der Waals surface area (Å²) in [7, 11) is 0. The Bertz CT molecular complexity index is 751. The van der Waals surface area contributed by atoms with Gasteiger partial charge >= 0.3 is 0 Å². The molecule has 0 unspecified atom stereocenters. The molecule has 144 valence electrons. The fourth-order valence-electron chi connectivity index (χ4n) is 3.10. The second-order valence-corrected chi connectivity index (χ2v) is 6.88. The van der Waals surface area contributed by atoms with E-state index < -0.39 is 0 Å². The van der Waals surface area contributed by atoms with Gasteiger partial charge in [-0.15, -0.1) is 0 Å². The Balaban J connectivity index is 1.45. The number of amides is 2. The Morgan fingerprint density at radius 1 is 1.19 bits per heavy atom. The van der Waals surface area contributed by atoms with Crippen LogP contribution in [0.2, 0.25) is 0 Å². The summed E-state index contributed by atoms with van der Waals surface area (Å²) in [4.78, 5) is 32.2. The maximum Gasteiger partial charge on any atom is 0.291 e. The summed E-state index contributed by atoms with van der Waals surface area (Å²) < 4.78 is 0. The van der Waals surface area contributed by atoms with Gasteiger partial charge in [0.25, 0.3) is 5.91 Å². The molecular formula is C19H26N6O2. The van der Waals surface area contributed by atoms with Crippen molar-refractivity contribution in [2.75, 3.05) is 38.0 Å². The number of H-pyrrole nitrogens is 1. The van der Waals surface area contributed by atoms with Crippen molar-refractivity contribution in [2.45, 2.75) is 26.2 Å². The van der Waals surface area contributed by atoms with Gasteiger partial charge in [0.15, 0.2) is 0 Å². The van der Waals surface area contributed by atoms with E-state index in [2.05, 4.69) is 46.5 Å². The number of carbonyl (C=O) groups excluding carboxylic acids is 2. The first-order valence-electron chi connectivity index (χ1n) is 9.33. The molecule has 2 heterocycles. The quantitative estimate of drug-likeness (QED) is 0.807. The zero-order valence-electron chi connectivity index (χ0n) is 15.8. The van der Waals surface area contributed by atoms with E-state index in [9.17, 15) is 9.59 Å². The lowest BCUT2D eigenvalue weighted by Gasteiger charge is -2.33. The van der Waals surface area contributed by atoms with Crippen LogP contribution < -0.4 is 5.32 Å². The Morgan fingerprint density at radius 2 is 1.89 bits per heavy atom. The molecule has 0 spiro atoms. The molecule has 1 aromatic carbocycles. The average molecular weight is 370 g/mol. The van der Waals surface area contributed by atoms with Crippen molar-refractivity contribution in [3.8, 4) is 0 Å². The molecule has 1 aromatic heterocycles. The second-order valence-electron chi connectivity index (χ2n) is 6.88. The third kappa shape index (κ3) is 4.91. The first kappa shape index (κ1) is 19.0. The van der Waals surface area contributed by atoms with Crippen LogP contribution in [0.15, 0.2) is 30.6 Å². The van der Waals surface area contributed by atoms with Crippen LogP contribution in [0.3, 0.4) is 0 Å². The molecule has 27 heavy (non-hydrogen) atoms. The van der Waals surface area contributed by atoms with Crippen LogP contribution in [0.25, 0.3) is 0 Å². The molecule has 1 aliphatic rings. The number of hydrogen-bond acceptors (Lipinski definition) is 5. The fraction of sp³-hybridized carbons (Fsp3) is 0.474. The fourth-order valence-corrected chi connectivity index (χ4v) is 3.10. The van der Waals surface area contributed by atoms with E-state index in [4.69, 9.17) is 0 Å². The summed E-state index contributed by atoms with van der Waals surface area (Å²) in [6.45, 7) is 7.12. The number of aromatic nitrogens is 3. The molecular weight excluding hydrogens is 344 g/mol. The lowest BCUT2D eigenvalue weighted by Crippen LogP contribution is -2.50. The molecule has 1 saturated heterocycles. The molecule has 0 radical (unpaired) electrons. The van der Waals surface area contributed by atoms with Crippen LogP contribution in [0.1, 0.15) is 42.4 Å². The van der Waals surface area contributed by atoms with Crippen LogP contribution in [-0.4, -0.2) is 69.5 Å². The van der Waals surface area contributed by atoms with Crippen molar-refractivity contribution in [3.63, 3.8) is 0 Å². The Kier molecular flexibility index (Phi) is 6.18. The number of nitrogens with zero attached hydrogens (tertiary/aromatic N) is 4. The zero-order chi connectivity index (χ0) is 19.2. The normalized spacial score (nSPS) is 16.1. The Morgan fingerprint density at radius 3 is 2.48 bits per heavy atom. The molecule has 2 N–H and O–H groups in total. The number of hydrogen-bond donors (Lipinski definition) is 2. The molecule has 1 atom stereocenters. The van der Waals surface area contributed by atoms with E-state index in [1.54, 1.807) is 4.90 Å². The van der Waals surface area contributed by atoms with Gasteiger partial charge in [0.1, 0.15) is 6.33 Å². The molecule has 1 aliphatic heterocycles. The van der Waals surface area contributed by atoms with E-state index in [1.807, 2.05) is 17.0 Å². The number of piperazine rings is 1. The van der Waals surface area contributed by atoms with E-state index in [0.717, 1.165) is 12.1 Å². The van der Waals surface area contributed by atoms with Gasteiger partial charge in [0, 0.05) is 31.9 Å². The molecule has 3 rings (SSSR count). The van der Waals surface area contributed by atoms with Crippen molar-refractivity contribution in [3.05, 3.63) is 42.0 Å². The number of nitrogens with one attached hydrogen (secondary N) is 2. The van der Waals surface area contributed by atoms with Crippen molar-refractivity contribution in [2.24, 2.45) is 0 Å². The van der Waals surface area contributed by atoms with Gasteiger partial charge in [-0.25, -0.2) is 4.98 Å². The number of benzene rings is 1. The predicted octanol–water partition coefficient (Wildman–Crippen LogP) is 1.71. The highest BCUT2D eigenvalue weighted by molar-refractivity contribution is 5.92. The molecule has 1 fully saturated rings. The van der Waals surface area contributed by atoms with Crippen LogP contribution >= 0.6 is 0 Å². The number of rotatable bonds is 6. The maximum atomic E-state index is 12.3. The molecule has 0 saturated carbocycles. The van der Waals surface area contributed by atoms with Crippen LogP contribution in [0.4, 0.5) is 5.69 Å². The van der Waals surface area contributed by atoms with Gasteiger partial charge in [-0.1, -0.05) is 26.0 Å². The molecule has 8 heteroatoms. The van der Waals surface area contributed by atoms with Crippen molar-refractivity contribution in [1.82, 2.24) is 25.0 Å². The van der Waals surface area contributed by atoms with Crippen LogP contribution in [-0.2, 0) is 4.79 Å². The van der Waals surface area contributed by atoms with E-state index in [0.29, 0.717) is 38.6 Å². The first-order valence-corrected chi connectivity index (χ1v) is 9.33.